The molecule has 3 heterocycles. The Labute approximate surface area is 279 Å². The van der Waals surface area contributed by atoms with Crippen LogP contribution in [0.3, 0.4) is 0 Å². The van der Waals surface area contributed by atoms with E-state index in [1.54, 1.807) is 29.0 Å². The Bertz CT molecular complexity index is 1320. The maximum absolute atomic E-state index is 14.6. The Morgan fingerprint density at radius 1 is 1.15 bits per heavy atom. The van der Waals surface area contributed by atoms with Gasteiger partial charge in [-0.15, -0.1) is 13.2 Å². The molecule has 3 amide bonds. The molecule has 3 saturated heterocycles. The molecule has 1 spiro atoms. The summed E-state index contributed by atoms with van der Waals surface area (Å²) in [6, 6.07) is 6.93. The summed E-state index contributed by atoms with van der Waals surface area (Å²) in [4.78, 5) is 61.3. The van der Waals surface area contributed by atoms with Gasteiger partial charge in [-0.1, -0.05) is 62.8 Å². The van der Waals surface area contributed by atoms with Crippen LogP contribution in [0.5, 0.6) is 0 Å². The molecule has 2 bridgehead atoms. The topological polar surface area (TPSA) is 117 Å². The molecule has 1 N–H and O–H groups in total. The molecular weight excluding hydrogens is 598 g/mol. The molecule has 0 unspecified atom stereocenters. The number of likely N-dealkylation sites (tertiary alicyclic amines) is 1. The van der Waals surface area contributed by atoms with Gasteiger partial charge in [0.1, 0.15) is 17.7 Å². The molecule has 4 rings (SSSR count). The van der Waals surface area contributed by atoms with Gasteiger partial charge in [-0.3, -0.25) is 19.2 Å². The van der Waals surface area contributed by atoms with E-state index in [4.69, 9.17) is 9.47 Å². The molecule has 0 aromatic heterocycles. The minimum absolute atomic E-state index is 0.103. The minimum Gasteiger partial charge on any atom is -0.455 e. The Morgan fingerprint density at radius 2 is 1.83 bits per heavy atom. The number of esters is 1. The summed E-state index contributed by atoms with van der Waals surface area (Å²) >= 11 is 0. The summed E-state index contributed by atoms with van der Waals surface area (Å²) in [5, 5.41) is 10.6. The zero-order chi connectivity index (χ0) is 34.6. The zero-order valence-corrected chi connectivity index (χ0v) is 28.8. The summed E-state index contributed by atoms with van der Waals surface area (Å²) in [6.07, 6.45) is 4.35. The van der Waals surface area contributed by atoms with E-state index >= 15 is 0 Å². The van der Waals surface area contributed by atoms with Crippen LogP contribution in [-0.4, -0.2) is 99.6 Å². The third-order valence-corrected chi connectivity index (χ3v) is 10.7. The first kappa shape index (κ1) is 36.3. The number of nitrogens with zero attached hydrogens (tertiary/aromatic N) is 3. The van der Waals surface area contributed by atoms with Gasteiger partial charge < -0.3 is 29.3 Å². The summed E-state index contributed by atoms with van der Waals surface area (Å²) in [5.74, 6) is -3.34. The molecule has 3 aliphatic rings. The SMILES string of the molecule is C=CCCC(=O)N(C)[C@H](C)[C@H](OC(=O)[C@@H]1[C@@H]2CC[C@]3(O2)[C@H](C(=O)N(CC=C)C(C)C)N([C@@H](CO)[C@@H](C)CC)C(=O)[C@@H]13)c1ccccc1. The van der Waals surface area contributed by atoms with Gasteiger partial charge in [0, 0.05) is 26.1 Å². The number of rotatable bonds is 16. The van der Waals surface area contributed by atoms with Crippen molar-refractivity contribution >= 4 is 23.7 Å². The van der Waals surface area contributed by atoms with Gasteiger partial charge in [-0.05, 0) is 51.5 Å². The predicted octanol–water partition coefficient (Wildman–Crippen LogP) is 4.29. The van der Waals surface area contributed by atoms with Crippen LogP contribution in [0.25, 0.3) is 0 Å². The van der Waals surface area contributed by atoms with Crippen LogP contribution in [0.4, 0.5) is 0 Å². The molecule has 47 heavy (non-hydrogen) atoms. The molecule has 258 valence electrons. The van der Waals surface area contributed by atoms with E-state index in [-0.39, 0.29) is 49.3 Å². The summed E-state index contributed by atoms with van der Waals surface area (Å²) in [5.41, 5.74) is -0.514. The number of benzene rings is 1. The highest BCUT2D eigenvalue weighted by molar-refractivity contribution is 5.98. The molecule has 10 heteroatoms. The molecule has 3 fully saturated rings. The van der Waals surface area contributed by atoms with Crippen molar-refractivity contribution in [1.29, 1.82) is 0 Å². The molecule has 0 radical (unpaired) electrons. The Hall–Kier alpha value is -3.50. The van der Waals surface area contributed by atoms with Crippen LogP contribution in [0.2, 0.25) is 0 Å². The maximum atomic E-state index is 14.6. The maximum Gasteiger partial charge on any atom is 0.313 e. The lowest BCUT2D eigenvalue weighted by atomic mass is 9.70. The van der Waals surface area contributed by atoms with E-state index in [1.807, 2.05) is 65.0 Å². The monoisotopic (exact) mass is 651 g/mol. The fourth-order valence-corrected chi connectivity index (χ4v) is 7.78. The van der Waals surface area contributed by atoms with Crippen molar-refractivity contribution in [2.75, 3.05) is 20.2 Å². The number of hydrogen-bond donors (Lipinski definition) is 1. The fourth-order valence-electron chi connectivity index (χ4n) is 7.78. The first-order valence-electron chi connectivity index (χ1n) is 17.0. The first-order chi connectivity index (χ1) is 22.4. The highest BCUT2D eigenvalue weighted by Gasteiger charge is 2.76. The molecule has 0 saturated carbocycles. The highest BCUT2D eigenvalue weighted by atomic mass is 16.6. The second kappa shape index (κ2) is 15.2. The highest BCUT2D eigenvalue weighted by Crippen LogP contribution is 2.59. The van der Waals surface area contributed by atoms with Gasteiger partial charge in [0.2, 0.25) is 17.7 Å². The fraction of sp³-hybridized carbons (Fsp3) is 0.622. The van der Waals surface area contributed by atoms with Crippen molar-refractivity contribution in [3.8, 4) is 0 Å². The second-order valence-electron chi connectivity index (χ2n) is 13.7. The number of carbonyl (C=O) groups excluding carboxylic acids is 4. The molecule has 10 nitrogen and oxygen atoms in total. The van der Waals surface area contributed by atoms with Crippen LogP contribution in [0, 0.1) is 17.8 Å². The van der Waals surface area contributed by atoms with Gasteiger partial charge in [0.05, 0.1) is 36.6 Å². The number of aliphatic hydroxyl groups excluding tert-OH is 1. The molecule has 1 aromatic carbocycles. The molecule has 3 aliphatic heterocycles. The number of hydrogen-bond acceptors (Lipinski definition) is 7. The summed E-state index contributed by atoms with van der Waals surface area (Å²) in [6.45, 7) is 17.1. The zero-order valence-electron chi connectivity index (χ0n) is 28.8. The van der Waals surface area contributed by atoms with Crippen molar-refractivity contribution < 1.29 is 33.8 Å². The standard InChI is InChI=1S/C37H53N3O7/c1-9-12-18-29(42)38(8)25(7)32(26-16-14-13-15-17-26)46-36(45)30-28-19-20-37(47-28)31(30)34(43)40(27(22-41)24(6)11-3)33(37)35(44)39(21-10-2)23(4)5/h9-10,13-17,23-25,27-28,30-33,41H,1-2,11-12,18-22H2,3-8H3/t24-,25+,27-,28-,30+,31+,32-,33-,37+/m0/s1. The number of carbonyl (C=O) groups is 4. The largest absolute Gasteiger partial charge is 0.455 e. The van der Waals surface area contributed by atoms with E-state index in [0.717, 1.165) is 5.56 Å². The number of aliphatic hydroxyl groups is 1. The van der Waals surface area contributed by atoms with E-state index in [2.05, 4.69) is 13.2 Å². The third-order valence-electron chi connectivity index (χ3n) is 10.7. The smallest absolute Gasteiger partial charge is 0.313 e. The molecule has 1 aromatic rings. The Morgan fingerprint density at radius 3 is 2.40 bits per heavy atom. The lowest BCUT2D eigenvalue weighted by Crippen LogP contribution is -2.60. The van der Waals surface area contributed by atoms with Crippen LogP contribution < -0.4 is 0 Å². The lowest BCUT2D eigenvalue weighted by molar-refractivity contribution is -0.165. The third kappa shape index (κ3) is 6.64. The normalized spacial score (nSPS) is 27.1. The lowest BCUT2D eigenvalue weighted by Gasteiger charge is -2.41. The van der Waals surface area contributed by atoms with Crippen LogP contribution in [-0.2, 0) is 28.7 Å². The summed E-state index contributed by atoms with van der Waals surface area (Å²) < 4.78 is 13.0. The second-order valence-corrected chi connectivity index (χ2v) is 13.7. The van der Waals surface area contributed by atoms with Crippen LogP contribution >= 0.6 is 0 Å². The van der Waals surface area contributed by atoms with Gasteiger partial charge in [0.15, 0.2) is 0 Å². The molecular formula is C37H53N3O7. The molecule has 0 aliphatic carbocycles. The van der Waals surface area contributed by atoms with E-state index in [1.165, 1.54) is 4.90 Å². The van der Waals surface area contributed by atoms with Crippen molar-refractivity contribution in [3.05, 3.63) is 61.2 Å². The van der Waals surface area contributed by atoms with Gasteiger partial charge in [-0.25, -0.2) is 0 Å². The van der Waals surface area contributed by atoms with Crippen molar-refractivity contribution in [2.24, 2.45) is 17.8 Å². The average molecular weight is 652 g/mol. The van der Waals surface area contributed by atoms with Crippen LogP contribution in [0.15, 0.2) is 55.6 Å². The summed E-state index contributed by atoms with van der Waals surface area (Å²) in [7, 11) is 1.69. The van der Waals surface area contributed by atoms with Crippen molar-refractivity contribution in [3.63, 3.8) is 0 Å². The Kier molecular flexibility index (Phi) is 11.7. The number of ether oxygens (including phenoxy) is 2. The predicted molar refractivity (Wildman–Crippen MR) is 179 cm³/mol. The first-order valence-corrected chi connectivity index (χ1v) is 17.0. The average Bonchev–Trinajstić information content (AvgIpc) is 3.71. The van der Waals surface area contributed by atoms with Gasteiger partial charge in [-0.2, -0.15) is 0 Å². The quantitative estimate of drug-likeness (QED) is 0.210. The van der Waals surface area contributed by atoms with E-state index in [0.29, 0.717) is 25.7 Å². The number of likely N-dealkylation sites (N-methyl/N-ethyl adjacent to an activating group) is 1. The minimum atomic E-state index is -1.23. The van der Waals surface area contributed by atoms with Crippen LogP contribution in [0.1, 0.15) is 78.4 Å². The van der Waals surface area contributed by atoms with E-state index in [9.17, 15) is 24.3 Å². The van der Waals surface area contributed by atoms with Crippen molar-refractivity contribution in [1.82, 2.24) is 14.7 Å². The van der Waals surface area contributed by atoms with Gasteiger partial charge in [0.25, 0.3) is 0 Å². The number of allylic oxidation sites excluding steroid dienone is 1. The van der Waals surface area contributed by atoms with Gasteiger partial charge >= 0.3 is 5.97 Å². The number of fused-ring (bicyclic) bond motifs is 1. The van der Waals surface area contributed by atoms with Crippen molar-refractivity contribution in [2.45, 2.75) is 109 Å². The van der Waals surface area contributed by atoms with E-state index < -0.39 is 53.7 Å². The Balaban J connectivity index is 1.74. The number of amides is 3. The molecule has 9 atom stereocenters.